The average Bonchev–Trinajstić information content (AvgIpc) is 2.28. The SMILES string of the molecule is [CH3][Sn]([CH3])([CH3])[CH]=C=Cc1cccc2ccccc12. The van der Waals surface area contributed by atoms with Gasteiger partial charge >= 0.3 is 108 Å². The summed E-state index contributed by atoms with van der Waals surface area (Å²) in [5, 5.41) is 2.60. The summed E-state index contributed by atoms with van der Waals surface area (Å²) in [5.41, 5.74) is 4.64. The van der Waals surface area contributed by atoms with Crippen molar-refractivity contribution in [3.63, 3.8) is 0 Å². The van der Waals surface area contributed by atoms with Crippen LogP contribution in [-0.2, 0) is 0 Å². The predicted octanol–water partition coefficient (Wildman–Crippen LogP) is 4.89. The fraction of sp³-hybridized carbons (Fsp3) is 0.188. The molecule has 0 bridgehead atoms. The summed E-state index contributed by atoms with van der Waals surface area (Å²) in [5.74, 6) is 0. The fourth-order valence-electron chi connectivity index (χ4n) is 1.76. The molecule has 2 rings (SSSR count). The van der Waals surface area contributed by atoms with Gasteiger partial charge < -0.3 is 0 Å². The molecule has 1 heteroatoms. The van der Waals surface area contributed by atoms with Crippen LogP contribution in [-0.4, -0.2) is 18.4 Å². The number of hydrogen-bond donors (Lipinski definition) is 0. The van der Waals surface area contributed by atoms with Crippen molar-refractivity contribution in [3.8, 4) is 0 Å². The molecule has 0 aliphatic rings. The fourth-order valence-corrected chi connectivity index (χ4v) is 3.42. The Morgan fingerprint density at radius 1 is 0.941 bits per heavy atom. The van der Waals surface area contributed by atoms with E-state index in [2.05, 4.69) is 73.2 Å². The van der Waals surface area contributed by atoms with Gasteiger partial charge in [0.1, 0.15) is 0 Å². The Morgan fingerprint density at radius 2 is 1.65 bits per heavy atom. The van der Waals surface area contributed by atoms with Crippen LogP contribution in [0.25, 0.3) is 16.8 Å². The molecule has 0 saturated carbocycles. The third-order valence-corrected chi connectivity index (χ3v) is 5.53. The van der Waals surface area contributed by atoms with Gasteiger partial charge in [-0.1, -0.05) is 0 Å². The summed E-state index contributed by atoms with van der Waals surface area (Å²) in [7, 11) is 0. The van der Waals surface area contributed by atoms with Gasteiger partial charge in [-0.2, -0.15) is 0 Å². The molecule has 0 aliphatic carbocycles. The molecule has 0 aliphatic heterocycles. The van der Waals surface area contributed by atoms with E-state index in [1.807, 2.05) is 0 Å². The second-order valence-corrected chi connectivity index (χ2v) is 19.7. The van der Waals surface area contributed by atoms with Gasteiger partial charge in [0.15, 0.2) is 0 Å². The summed E-state index contributed by atoms with van der Waals surface area (Å²) in [6.07, 6.45) is 2.12. The number of hydrogen-bond acceptors (Lipinski definition) is 0. The Bertz CT molecular complexity index is 576. The zero-order valence-electron chi connectivity index (χ0n) is 10.7. The topological polar surface area (TPSA) is 0 Å². The number of benzene rings is 2. The van der Waals surface area contributed by atoms with E-state index < -0.39 is 18.4 Å². The summed E-state index contributed by atoms with van der Waals surface area (Å²) in [6, 6.07) is 14.9. The van der Waals surface area contributed by atoms with E-state index in [-0.39, 0.29) is 0 Å². The van der Waals surface area contributed by atoms with Crippen LogP contribution in [0, 0.1) is 0 Å². The van der Waals surface area contributed by atoms with Crippen molar-refractivity contribution in [2.24, 2.45) is 0 Å². The van der Waals surface area contributed by atoms with Crippen molar-refractivity contribution >= 4 is 35.2 Å². The quantitative estimate of drug-likeness (QED) is 0.544. The first-order valence-corrected chi connectivity index (χ1v) is 16.2. The van der Waals surface area contributed by atoms with Gasteiger partial charge in [-0.25, -0.2) is 0 Å². The van der Waals surface area contributed by atoms with Crippen LogP contribution in [0.1, 0.15) is 5.56 Å². The molecule has 17 heavy (non-hydrogen) atoms. The molecule has 0 saturated heterocycles. The summed E-state index contributed by atoms with van der Waals surface area (Å²) >= 11 is -1.83. The molecule has 0 heterocycles. The first-order valence-electron chi connectivity index (χ1n) is 5.98. The molecule has 0 unspecified atom stereocenters. The molecule has 0 fully saturated rings. The number of rotatable bonds is 2. The van der Waals surface area contributed by atoms with Gasteiger partial charge in [-0.15, -0.1) is 0 Å². The van der Waals surface area contributed by atoms with E-state index in [0.29, 0.717) is 0 Å². The van der Waals surface area contributed by atoms with Gasteiger partial charge in [0.05, 0.1) is 0 Å². The Balaban J connectivity index is 2.47. The zero-order valence-corrected chi connectivity index (χ0v) is 13.6. The van der Waals surface area contributed by atoms with Crippen LogP contribution in [0.2, 0.25) is 14.8 Å². The first-order chi connectivity index (χ1) is 8.06. The molecule has 0 amide bonds. The zero-order chi connectivity index (χ0) is 12.3. The van der Waals surface area contributed by atoms with Crippen molar-refractivity contribution in [3.05, 3.63) is 57.9 Å². The van der Waals surface area contributed by atoms with Crippen molar-refractivity contribution < 1.29 is 0 Å². The van der Waals surface area contributed by atoms with Crippen LogP contribution in [0.5, 0.6) is 0 Å². The van der Waals surface area contributed by atoms with Gasteiger partial charge in [0.2, 0.25) is 0 Å². The Morgan fingerprint density at radius 3 is 2.41 bits per heavy atom. The molecular weight excluding hydrogens is 311 g/mol. The Labute approximate surface area is 108 Å². The van der Waals surface area contributed by atoms with E-state index in [1.165, 1.54) is 16.3 Å². The maximum atomic E-state index is 3.38. The molecule has 0 atom stereocenters. The minimum atomic E-state index is -1.83. The Kier molecular flexibility index (Phi) is 3.75. The van der Waals surface area contributed by atoms with Crippen molar-refractivity contribution in [1.29, 1.82) is 0 Å². The average molecular weight is 329 g/mol. The standard InChI is InChI=1S/C13H9.3CH3.Sn/c1-2-6-11-8-5-9-12-7-3-4-10-13(11)12;;;;/h1,3-10H;3*1H3;. The van der Waals surface area contributed by atoms with Crippen molar-refractivity contribution in [2.45, 2.75) is 14.8 Å². The molecule has 0 spiro atoms. The third kappa shape index (κ3) is 3.49. The monoisotopic (exact) mass is 330 g/mol. The predicted molar refractivity (Wildman–Crippen MR) is 79.8 cm³/mol. The van der Waals surface area contributed by atoms with E-state index in [0.717, 1.165) is 0 Å². The molecular formula is C16H18Sn. The molecule has 0 N–H and O–H groups in total. The molecule has 2 aromatic rings. The van der Waals surface area contributed by atoms with Crippen LogP contribution in [0.15, 0.2) is 52.3 Å². The van der Waals surface area contributed by atoms with Crippen LogP contribution >= 0.6 is 0 Å². The minimum absolute atomic E-state index is 1.26. The van der Waals surface area contributed by atoms with Gasteiger partial charge in [0.25, 0.3) is 0 Å². The third-order valence-electron chi connectivity index (χ3n) is 2.58. The van der Waals surface area contributed by atoms with Gasteiger partial charge in [0, 0.05) is 0 Å². The maximum absolute atomic E-state index is 3.38. The second kappa shape index (κ2) is 5.12. The van der Waals surface area contributed by atoms with Crippen LogP contribution in [0.3, 0.4) is 0 Å². The first kappa shape index (κ1) is 12.5. The van der Waals surface area contributed by atoms with E-state index in [1.54, 1.807) is 0 Å². The molecule has 0 radical (unpaired) electrons. The van der Waals surface area contributed by atoms with Crippen molar-refractivity contribution in [1.82, 2.24) is 0 Å². The van der Waals surface area contributed by atoms with Crippen LogP contribution in [0.4, 0.5) is 0 Å². The summed E-state index contributed by atoms with van der Waals surface area (Å²) < 4.78 is 2.32. The Hall–Kier alpha value is -0.981. The summed E-state index contributed by atoms with van der Waals surface area (Å²) in [4.78, 5) is 7.16. The second-order valence-electron chi connectivity index (χ2n) is 5.39. The van der Waals surface area contributed by atoms with E-state index in [9.17, 15) is 0 Å². The summed E-state index contributed by atoms with van der Waals surface area (Å²) in [6.45, 7) is 0. The van der Waals surface area contributed by atoms with Crippen LogP contribution < -0.4 is 0 Å². The van der Waals surface area contributed by atoms with Gasteiger partial charge in [-0.3, -0.25) is 0 Å². The molecule has 0 nitrogen and oxygen atoms in total. The molecule has 0 aromatic heterocycles. The van der Waals surface area contributed by atoms with E-state index >= 15 is 0 Å². The molecule has 2 aromatic carbocycles. The molecule has 86 valence electrons. The number of fused-ring (bicyclic) bond motifs is 1. The van der Waals surface area contributed by atoms with Crippen molar-refractivity contribution in [2.75, 3.05) is 0 Å². The van der Waals surface area contributed by atoms with Gasteiger partial charge in [-0.05, 0) is 0 Å². The normalized spacial score (nSPS) is 11.0. The van der Waals surface area contributed by atoms with E-state index in [4.69, 9.17) is 0 Å².